The summed E-state index contributed by atoms with van der Waals surface area (Å²) in [7, 11) is 0. The van der Waals surface area contributed by atoms with Crippen LogP contribution in [0.15, 0.2) is 0 Å². The highest BCUT2D eigenvalue weighted by atomic mass is 16.1. The van der Waals surface area contributed by atoms with E-state index in [0.717, 1.165) is 12.8 Å². The van der Waals surface area contributed by atoms with Gasteiger partial charge in [-0.25, -0.2) is 0 Å². The molecule has 0 bridgehead atoms. The number of rotatable bonds is 1. The van der Waals surface area contributed by atoms with Crippen LogP contribution < -0.4 is 5.73 Å². The topological polar surface area (TPSA) is 43.1 Å². The van der Waals surface area contributed by atoms with E-state index >= 15 is 0 Å². The maximum Gasteiger partial charge on any atom is 0.142 e. The standard InChI is InChI=1S/C12H23NO/c1-12(2,3)11(14)9-7-5-4-6-8-10(9)13/h9-10H,4-8,13H2,1-3H3. The van der Waals surface area contributed by atoms with Crippen LogP contribution in [-0.2, 0) is 4.79 Å². The van der Waals surface area contributed by atoms with Crippen molar-refractivity contribution in [1.29, 1.82) is 0 Å². The SMILES string of the molecule is CC(C)(C)C(=O)C1CCCCCC1N. The van der Waals surface area contributed by atoms with Crippen molar-refractivity contribution in [3.63, 3.8) is 0 Å². The summed E-state index contributed by atoms with van der Waals surface area (Å²) in [6.07, 6.45) is 5.61. The van der Waals surface area contributed by atoms with Gasteiger partial charge in [0.2, 0.25) is 0 Å². The maximum atomic E-state index is 12.1. The van der Waals surface area contributed by atoms with E-state index in [2.05, 4.69) is 0 Å². The molecule has 2 atom stereocenters. The lowest BCUT2D eigenvalue weighted by Gasteiger charge is -2.27. The van der Waals surface area contributed by atoms with Crippen molar-refractivity contribution in [2.75, 3.05) is 0 Å². The fourth-order valence-electron chi connectivity index (χ4n) is 2.22. The van der Waals surface area contributed by atoms with E-state index in [1.165, 1.54) is 19.3 Å². The molecule has 0 radical (unpaired) electrons. The minimum atomic E-state index is -0.230. The molecule has 0 aliphatic heterocycles. The predicted molar refractivity (Wildman–Crippen MR) is 59.0 cm³/mol. The minimum absolute atomic E-state index is 0.101. The molecular formula is C12H23NO. The Labute approximate surface area is 87.2 Å². The van der Waals surface area contributed by atoms with Crippen molar-refractivity contribution in [2.45, 2.75) is 58.9 Å². The average Bonchev–Trinajstić information content (AvgIpc) is 2.27. The molecule has 1 rings (SSSR count). The Morgan fingerprint density at radius 2 is 1.71 bits per heavy atom. The highest BCUT2D eigenvalue weighted by molar-refractivity contribution is 5.86. The van der Waals surface area contributed by atoms with Gasteiger partial charge in [-0.2, -0.15) is 0 Å². The molecular weight excluding hydrogens is 174 g/mol. The highest BCUT2D eigenvalue weighted by Crippen LogP contribution is 2.29. The average molecular weight is 197 g/mol. The van der Waals surface area contributed by atoms with Crippen LogP contribution in [0.25, 0.3) is 0 Å². The molecule has 0 aromatic rings. The Hall–Kier alpha value is -0.370. The van der Waals surface area contributed by atoms with E-state index in [0.29, 0.717) is 5.78 Å². The molecule has 2 nitrogen and oxygen atoms in total. The zero-order valence-electron chi connectivity index (χ0n) is 9.68. The molecule has 0 aromatic carbocycles. The molecule has 82 valence electrons. The lowest BCUT2D eigenvalue weighted by molar-refractivity contribution is -0.131. The molecule has 2 N–H and O–H groups in total. The van der Waals surface area contributed by atoms with Crippen LogP contribution in [0.2, 0.25) is 0 Å². The number of Topliss-reactive ketones (excluding diaryl/α,β-unsaturated/α-hetero) is 1. The number of carbonyl (C=O) groups is 1. The molecule has 0 heterocycles. The van der Waals surface area contributed by atoms with Crippen LogP contribution >= 0.6 is 0 Å². The molecule has 0 saturated heterocycles. The van der Waals surface area contributed by atoms with Gasteiger partial charge in [0, 0.05) is 17.4 Å². The van der Waals surface area contributed by atoms with E-state index in [4.69, 9.17) is 5.73 Å². The molecule has 0 aromatic heterocycles. The van der Waals surface area contributed by atoms with E-state index in [9.17, 15) is 4.79 Å². The van der Waals surface area contributed by atoms with Crippen molar-refractivity contribution in [1.82, 2.24) is 0 Å². The van der Waals surface area contributed by atoms with E-state index in [-0.39, 0.29) is 17.4 Å². The largest absolute Gasteiger partial charge is 0.327 e. The molecule has 1 saturated carbocycles. The minimum Gasteiger partial charge on any atom is -0.327 e. The highest BCUT2D eigenvalue weighted by Gasteiger charge is 2.33. The van der Waals surface area contributed by atoms with Crippen LogP contribution in [0.3, 0.4) is 0 Å². The summed E-state index contributed by atoms with van der Waals surface area (Å²) in [4.78, 5) is 12.1. The quantitative estimate of drug-likeness (QED) is 0.656. The second-order valence-electron chi connectivity index (χ2n) is 5.52. The summed E-state index contributed by atoms with van der Waals surface area (Å²) in [5.41, 5.74) is 5.83. The smallest absolute Gasteiger partial charge is 0.142 e. The number of nitrogens with two attached hydrogens (primary N) is 1. The fourth-order valence-corrected chi connectivity index (χ4v) is 2.22. The number of ketones is 1. The first-order valence-corrected chi connectivity index (χ1v) is 5.73. The molecule has 1 aliphatic carbocycles. The summed E-state index contributed by atoms with van der Waals surface area (Å²) >= 11 is 0. The van der Waals surface area contributed by atoms with Crippen LogP contribution in [-0.4, -0.2) is 11.8 Å². The van der Waals surface area contributed by atoms with Gasteiger partial charge in [-0.3, -0.25) is 4.79 Å². The molecule has 2 unspecified atom stereocenters. The third kappa shape index (κ3) is 2.81. The summed E-state index contributed by atoms with van der Waals surface area (Å²) < 4.78 is 0. The van der Waals surface area contributed by atoms with E-state index in [1.54, 1.807) is 0 Å². The first kappa shape index (κ1) is 11.7. The zero-order valence-corrected chi connectivity index (χ0v) is 9.68. The van der Waals surface area contributed by atoms with Gasteiger partial charge in [-0.05, 0) is 12.8 Å². The van der Waals surface area contributed by atoms with Gasteiger partial charge >= 0.3 is 0 Å². The number of carbonyl (C=O) groups excluding carboxylic acids is 1. The summed E-state index contributed by atoms with van der Waals surface area (Å²) in [5.74, 6) is 0.462. The Morgan fingerprint density at radius 3 is 2.29 bits per heavy atom. The van der Waals surface area contributed by atoms with Gasteiger partial charge in [0.1, 0.15) is 5.78 Å². The lowest BCUT2D eigenvalue weighted by Crippen LogP contribution is -2.40. The molecule has 1 fully saturated rings. The first-order chi connectivity index (χ1) is 6.43. The van der Waals surface area contributed by atoms with Gasteiger partial charge < -0.3 is 5.73 Å². The van der Waals surface area contributed by atoms with Crippen molar-refractivity contribution in [2.24, 2.45) is 17.1 Å². The molecule has 2 heteroatoms. The fraction of sp³-hybridized carbons (Fsp3) is 0.917. The van der Waals surface area contributed by atoms with Gasteiger partial charge in [-0.15, -0.1) is 0 Å². The second kappa shape index (κ2) is 4.43. The maximum absolute atomic E-state index is 12.1. The van der Waals surface area contributed by atoms with Crippen molar-refractivity contribution >= 4 is 5.78 Å². The van der Waals surface area contributed by atoms with E-state index in [1.807, 2.05) is 20.8 Å². The van der Waals surface area contributed by atoms with Crippen LogP contribution in [0.1, 0.15) is 52.9 Å². The number of hydrogen-bond donors (Lipinski definition) is 1. The van der Waals surface area contributed by atoms with E-state index < -0.39 is 0 Å². The Morgan fingerprint density at radius 1 is 1.14 bits per heavy atom. The monoisotopic (exact) mass is 197 g/mol. The normalized spacial score (nSPS) is 29.7. The Bertz CT molecular complexity index is 205. The summed E-state index contributed by atoms with van der Waals surface area (Å²) in [6.45, 7) is 5.98. The zero-order chi connectivity index (χ0) is 10.8. The van der Waals surface area contributed by atoms with Crippen LogP contribution in [0.5, 0.6) is 0 Å². The third-order valence-electron chi connectivity index (χ3n) is 3.15. The predicted octanol–water partition coefficient (Wildman–Crippen LogP) is 2.51. The number of hydrogen-bond acceptors (Lipinski definition) is 2. The van der Waals surface area contributed by atoms with Crippen molar-refractivity contribution < 1.29 is 4.79 Å². The summed E-state index contributed by atoms with van der Waals surface area (Å²) in [6, 6.07) is 0.101. The molecule has 14 heavy (non-hydrogen) atoms. The van der Waals surface area contributed by atoms with Crippen LogP contribution in [0.4, 0.5) is 0 Å². The Kier molecular flexibility index (Phi) is 3.71. The van der Waals surface area contributed by atoms with Gasteiger partial charge in [0.15, 0.2) is 0 Å². The Balaban J connectivity index is 2.69. The van der Waals surface area contributed by atoms with Crippen molar-refractivity contribution in [3.8, 4) is 0 Å². The second-order valence-corrected chi connectivity index (χ2v) is 5.52. The molecule has 0 amide bonds. The van der Waals surface area contributed by atoms with Crippen LogP contribution in [0, 0.1) is 11.3 Å². The van der Waals surface area contributed by atoms with Gasteiger partial charge in [0.25, 0.3) is 0 Å². The lowest BCUT2D eigenvalue weighted by atomic mass is 9.78. The summed E-state index contributed by atoms with van der Waals surface area (Å²) in [5, 5.41) is 0. The van der Waals surface area contributed by atoms with Gasteiger partial charge in [-0.1, -0.05) is 40.0 Å². The van der Waals surface area contributed by atoms with Gasteiger partial charge in [0.05, 0.1) is 0 Å². The first-order valence-electron chi connectivity index (χ1n) is 5.73. The molecule has 0 spiro atoms. The third-order valence-corrected chi connectivity index (χ3v) is 3.15. The van der Waals surface area contributed by atoms with Crippen molar-refractivity contribution in [3.05, 3.63) is 0 Å². The molecule has 1 aliphatic rings.